The molecule has 0 saturated carbocycles. The maximum Gasteiger partial charge on any atom is 0.243 e. The number of carbonyl (C=O) groups excluding carboxylic acids is 2. The molecule has 186 valence electrons. The largest absolute Gasteiger partial charge is 0.371 e. The predicted molar refractivity (Wildman–Crippen MR) is 132 cm³/mol. The molecule has 2 atom stereocenters. The highest BCUT2D eigenvalue weighted by atomic mass is 19.2. The van der Waals surface area contributed by atoms with E-state index in [4.69, 9.17) is 0 Å². The molecule has 1 saturated heterocycles. The number of rotatable bonds is 8. The normalized spacial score (nSPS) is 15.4. The van der Waals surface area contributed by atoms with Crippen LogP contribution in [0, 0.1) is 17.6 Å². The van der Waals surface area contributed by atoms with Crippen LogP contribution in [0.4, 0.5) is 20.2 Å². The molecule has 0 aliphatic carbocycles. The number of carbonyl (C=O) groups is 2. The fraction of sp³-hybridized carbons (Fsp3) is 0.423. The lowest BCUT2D eigenvalue weighted by atomic mass is 10.0. The Balaban J connectivity index is 1.40. The highest BCUT2D eigenvalue weighted by molar-refractivity contribution is 5.92. The first kappa shape index (κ1) is 24.6. The molecule has 1 aliphatic heterocycles. The zero-order valence-electron chi connectivity index (χ0n) is 20.2. The van der Waals surface area contributed by atoms with Crippen molar-refractivity contribution in [1.29, 1.82) is 0 Å². The molecular weight excluding hydrogens is 452 g/mol. The van der Waals surface area contributed by atoms with Crippen molar-refractivity contribution in [3.8, 4) is 0 Å². The van der Waals surface area contributed by atoms with Crippen molar-refractivity contribution in [2.45, 2.75) is 52.1 Å². The summed E-state index contributed by atoms with van der Waals surface area (Å²) in [5.41, 5.74) is 2.41. The van der Waals surface area contributed by atoms with Crippen molar-refractivity contribution in [3.05, 3.63) is 54.4 Å². The van der Waals surface area contributed by atoms with Crippen LogP contribution < -0.4 is 15.5 Å². The van der Waals surface area contributed by atoms with Gasteiger partial charge in [-0.1, -0.05) is 19.9 Å². The van der Waals surface area contributed by atoms with E-state index in [0.717, 1.165) is 36.6 Å². The Hall–Kier alpha value is -3.49. The van der Waals surface area contributed by atoms with Crippen LogP contribution in [0.25, 0.3) is 11.0 Å². The summed E-state index contributed by atoms with van der Waals surface area (Å²) in [6.07, 6.45) is 3.85. The molecule has 1 aliphatic rings. The Labute approximate surface area is 203 Å². The van der Waals surface area contributed by atoms with Crippen LogP contribution in [0.2, 0.25) is 0 Å². The standard InChI is InChI=1S/C26H31F2N5O2/c1-16(2)25(33-15-29-22-13-20(27)21(28)14-23(22)33)26(35)30-17(3)11-24(34)31-18-7-6-8-19(12-18)32-9-4-5-10-32/h6-8,12-17,25H,4-5,9-11H2,1-3H3,(H,30,35)(H,31,34). The summed E-state index contributed by atoms with van der Waals surface area (Å²) in [4.78, 5) is 32.2. The van der Waals surface area contributed by atoms with Gasteiger partial charge in [-0.15, -0.1) is 0 Å². The van der Waals surface area contributed by atoms with Gasteiger partial charge in [0, 0.05) is 49.1 Å². The molecule has 7 nitrogen and oxygen atoms in total. The second-order valence-corrected chi connectivity index (χ2v) is 9.50. The Kier molecular flexibility index (Phi) is 7.33. The fourth-order valence-electron chi connectivity index (χ4n) is 4.62. The quantitative estimate of drug-likeness (QED) is 0.489. The van der Waals surface area contributed by atoms with Crippen LogP contribution in [0.15, 0.2) is 42.7 Å². The highest BCUT2D eigenvalue weighted by Gasteiger charge is 2.27. The van der Waals surface area contributed by atoms with E-state index < -0.39 is 23.7 Å². The van der Waals surface area contributed by atoms with Crippen molar-refractivity contribution < 1.29 is 18.4 Å². The second-order valence-electron chi connectivity index (χ2n) is 9.50. The number of amides is 2. The summed E-state index contributed by atoms with van der Waals surface area (Å²) in [6.45, 7) is 7.52. The average Bonchev–Trinajstić information content (AvgIpc) is 3.45. The molecule has 4 rings (SSSR count). The van der Waals surface area contributed by atoms with Crippen molar-refractivity contribution in [2.24, 2.45) is 5.92 Å². The van der Waals surface area contributed by atoms with E-state index in [2.05, 4.69) is 20.5 Å². The van der Waals surface area contributed by atoms with Crippen molar-refractivity contribution in [2.75, 3.05) is 23.3 Å². The Bertz CT molecular complexity index is 1220. The van der Waals surface area contributed by atoms with Crippen LogP contribution >= 0.6 is 0 Å². The van der Waals surface area contributed by atoms with E-state index in [1.54, 1.807) is 11.5 Å². The smallest absolute Gasteiger partial charge is 0.243 e. The number of hydrogen-bond acceptors (Lipinski definition) is 4. The first-order chi connectivity index (χ1) is 16.7. The molecule has 2 amide bonds. The van der Waals surface area contributed by atoms with Crippen LogP contribution in [0.1, 0.15) is 46.1 Å². The van der Waals surface area contributed by atoms with Gasteiger partial charge in [-0.05, 0) is 43.9 Å². The molecule has 35 heavy (non-hydrogen) atoms. The predicted octanol–water partition coefficient (Wildman–Crippen LogP) is 4.65. The lowest BCUT2D eigenvalue weighted by molar-refractivity contribution is -0.126. The molecule has 1 fully saturated rings. The minimum Gasteiger partial charge on any atom is -0.371 e. The first-order valence-corrected chi connectivity index (χ1v) is 12.0. The lowest BCUT2D eigenvalue weighted by Crippen LogP contribution is -2.41. The summed E-state index contributed by atoms with van der Waals surface area (Å²) in [6, 6.07) is 8.70. The SMILES string of the molecule is CC(CC(=O)Nc1cccc(N2CCCC2)c1)NC(=O)C(C(C)C)n1cnc2cc(F)c(F)cc21. The maximum atomic E-state index is 13.9. The molecule has 0 bridgehead atoms. The molecule has 3 aromatic rings. The lowest BCUT2D eigenvalue weighted by Gasteiger charge is -2.24. The summed E-state index contributed by atoms with van der Waals surface area (Å²) in [7, 11) is 0. The Morgan fingerprint density at radius 1 is 1.06 bits per heavy atom. The van der Waals surface area contributed by atoms with Gasteiger partial charge in [0.15, 0.2) is 11.6 Å². The topological polar surface area (TPSA) is 79.3 Å². The van der Waals surface area contributed by atoms with E-state index in [-0.39, 0.29) is 29.7 Å². The van der Waals surface area contributed by atoms with Crippen molar-refractivity contribution in [1.82, 2.24) is 14.9 Å². The number of benzene rings is 2. The number of nitrogens with zero attached hydrogens (tertiary/aromatic N) is 3. The molecule has 9 heteroatoms. The number of nitrogens with one attached hydrogen (secondary N) is 2. The fourth-order valence-corrected chi connectivity index (χ4v) is 4.62. The van der Waals surface area contributed by atoms with E-state index >= 15 is 0 Å². The molecular formula is C26H31F2N5O2. The number of imidazole rings is 1. The maximum absolute atomic E-state index is 13.9. The van der Waals surface area contributed by atoms with Gasteiger partial charge in [-0.25, -0.2) is 13.8 Å². The number of anilines is 2. The summed E-state index contributed by atoms with van der Waals surface area (Å²) >= 11 is 0. The van der Waals surface area contributed by atoms with Gasteiger partial charge in [-0.3, -0.25) is 9.59 Å². The van der Waals surface area contributed by atoms with Crippen molar-refractivity contribution in [3.63, 3.8) is 0 Å². The third-order valence-electron chi connectivity index (χ3n) is 6.30. The molecule has 2 aromatic carbocycles. The zero-order chi connectivity index (χ0) is 25.1. The Morgan fingerprint density at radius 2 is 1.77 bits per heavy atom. The molecule has 2 unspecified atom stereocenters. The molecule has 2 heterocycles. The number of hydrogen-bond donors (Lipinski definition) is 2. The number of halogens is 2. The van der Waals surface area contributed by atoms with E-state index in [0.29, 0.717) is 5.52 Å². The van der Waals surface area contributed by atoms with Gasteiger partial charge in [0.1, 0.15) is 6.04 Å². The zero-order valence-corrected chi connectivity index (χ0v) is 20.2. The minimum absolute atomic E-state index is 0.0923. The van der Waals surface area contributed by atoms with Crippen LogP contribution in [0.5, 0.6) is 0 Å². The molecule has 1 aromatic heterocycles. The summed E-state index contributed by atoms with van der Waals surface area (Å²) in [5, 5.41) is 5.80. The molecule has 0 spiro atoms. The molecule has 2 N–H and O–H groups in total. The van der Waals surface area contributed by atoms with Crippen LogP contribution in [-0.2, 0) is 9.59 Å². The van der Waals surface area contributed by atoms with Gasteiger partial charge < -0.3 is 20.1 Å². The van der Waals surface area contributed by atoms with Gasteiger partial charge >= 0.3 is 0 Å². The van der Waals surface area contributed by atoms with E-state index in [1.807, 2.05) is 38.1 Å². The highest BCUT2D eigenvalue weighted by Crippen LogP contribution is 2.26. The second kappa shape index (κ2) is 10.4. The number of fused-ring (bicyclic) bond motifs is 1. The van der Waals surface area contributed by atoms with Gasteiger partial charge in [0.05, 0.1) is 17.4 Å². The first-order valence-electron chi connectivity index (χ1n) is 12.0. The molecule has 0 radical (unpaired) electrons. The van der Waals surface area contributed by atoms with Gasteiger partial charge in [-0.2, -0.15) is 0 Å². The minimum atomic E-state index is -0.999. The average molecular weight is 484 g/mol. The number of aromatic nitrogens is 2. The van der Waals surface area contributed by atoms with Crippen LogP contribution in [0.3, 0.4) is 0 Å². The van der Waals surface area contributed by atoms with Gasteiger partial charge in [0.2, 0.25) is 11.8 Å². The third kappa shape index (κ3) is 5.61. The van der Waals surface area contributed by atoms with E-state index in [1.165, 1.54) is 19.2 Å². The van der Waals surface area contributed by atoms with Gasteiger partial charge in [0.25, 0.3) is 0 Å². The van der Waals surface area contributed by atoms with Crippen molar-refractivity contribution >= 4 is 34.2 Å². The summed E-state index contributed by atoms with van der Waals surface area (Å²) in [5.74, 6) is -2.67. The monoisotopic (exact) mass is 483 g/mol. The Morgan fingerprint density at radius 3 is 2.49 bits per heavy atom. The third-order valence-corrected chi connectivity index (χ3v) is 6.30. The summed E-state index contributed by atoms with van der Waals surface area (Å²) < 4.78 is 29.0. The van der Waals surface area contributed by atoms with Crippen LogP contribution in [-0.4, -0.2) is 40.5 Å². The van der Waals surface area contributed by atoms with E-state index in [9.17, 15) is 18.4 Å².